The molecule has 3 amide bonds. The maximum absolute atomic E-state index is 11.8. The van der Waals surface area contributed by atoms with E-state index in [1.54, 1.807) is 19.1 Å². The summed E-state index contributed by atoms with van der Waals surface area (Å²) in [6.45, 7) is 2.18. The standard InChI is InChI=1S/C12H13ClN2O2/c1-2-15-11(16)10(14-12(15)17)7-8-4-3-5-9(13)6-8/h3-6,10H,2,7H2,1H3,(H,14,17). The Morgan fingerprint density at radius 1 is 1.41 bits per heavy atom. The molecule has 1 N–H and O–H groups in total. The number of hydrogen-bond acceptors (Lipinski definition) is 2. The summed E-state index contributed by atoms with van der Waals surface area (Å²) in [4.78, 5) is 24.5. The van der Waals surface area contributed by atoms with Gasteiger partial charge in [0.2, 0.25) is 0 Å². The first-order valence-corrected chi connectivity index (χ1v) is 5.86. The predicted octanol–water partition coefficient (Wildman–Crippen LogP) is 1.82. The van der Waals surface area contributed by atoms with E-state index in [2.05, 4.69) is 5.32 Å². The van der Waals surface area contributed by atoms with Crippen LogP contribution in [0.25, 0.3) is 0 Å². The van der Waals surface area contributed by atoms with Crippen LogP contribution >= 0.6 is 11.6 Å². The minimum Gasteiger partial charge on any atom is -0.325 e. The monoisotopic (exact) mass is 252 g/mol. The molecule has 1 aromatic rings. The highest BCUT2D eigenvalue weighted by atomic mass is 35.5. The first kappa shape index (κ1) is 11.9. The molecule has 4 nitrogen and oxygen atoms in total. The van der Waals surface area contributed by atoms with Gasteiger partial charge in [-0.3, -0.25) is 9.69 Å². The number of rotatable bonds is 3. The van der Waals surface area contributed by atoms with E-state index in [1.807, 2.05) is 12.1 Å². The number of halogens is 1. The van der Waals surface area contributed by atoms with Crippen molar-refractivity contribution in [2.75, 3.05) is 6.54 Å². The number of nitrogens with zero attached hydrogens (tertiary/aromatic N) is 1. The minimum atomic E-state index is -0.471. The maximum Gasteiger partial charge on any atom is 0.324 e. The van der Waals surface area contributed by atoms with E-state index in [9.17, 15) is 9.59 Å². The number of benzene rings is 1. The number of hydrogen-bond donors (Lipinski definition) is 1. The van der Waals surface area contributed by atoms with Crippen molar-refractivity contribution in [2.24, 2.45) is 0 Å². The Labute approximate surface area is 105 Å². The lowest BCUT2D eigenvalue weighted by molar-refractivity contribution is -0.127. The SMILES string of the molecule is CCN1C(=O)NC(Cc2cccc(Cl)c2)C1=O. The van der Waals surface area contributed by atoms with Gasteiger partial charge in [-0.15, -0.1) is 0 Å². The summed E-state index contributed by atoms with van der Waals surface area (Å²) in [5, 5.41) is 3.30. The number of imide groups is 1. The summed E-state index contributed by atoms with van der Waals surface area (Å²) in [6.07, 6.45) is 0.474. The van der Waals surface area contributed by atoms with E-state index in [1.165, 1.54) is 4.90 Å². The molecule has 1 saturated heterocycles. The topological polar surface area (TPSA) is 49.4 Å². The second kappa shape index (κ2) is 4.75. The molecule has 5 heteroatoms. The Morgan fingerprint density at radius 2 is 2.18 bits per heavy atom. The molecule has 90 valence electrons. The van der Waals surface area contributed by atoms with Crippen molar-refractivity contribution in [1.29, 1.82) is 0 Å². The van der Waals surface area contributed by atoms with E-state index >= 15 is 0 Å². The smallest absolute Gasteiger partial charge is 0.324 e. The van der Waals surface area contributed by atoms with Crippen LogP contribution in [0.1, 0.15) is 12.5 Å². The van der Waals surface area contributed by atoms with Gasteiger partial charge in [-0.25, -0.2) is 4.79 Å². The lowest BCUT2D eigenvalue weighted by Gasteiger charge is -2.09. The molecule has 1 aliphatic heterocycles. The number of carbonyl (C=O) groups is 2. The lowest BCUT2D eigenvalue weighted by atomic mass is 10.1. The summed E-state index contributed by atoms with van der Waals surface area (Å²) in [6, 6.07) is 6.51. The second-order valence-electron chi connectivity index (χ2n) is 3.92. The van der Waals surface area contributed by atoms with Gasteiger partial charge in [-0.2, -0.15) is 0 Å². The molecule has 0 saturated carbocycles. The van der Waals surface area contributed by atoms with Gasteiger partial charge >= 0.3 is 6.03 Å². The molecule has 1 atom stereocenters. The molecule has 1 unspecified atom stereocenters. The van der Waals surface area contributed by atoms with Crippen molar-refractivity contribution in [2.45, 2.75) is 19.4 Å². The van der Waals surface area contributed by atoms with Gasteiger partial charge in [-0.05, 0) is 24.6 Å². The molecule has 1 aliphatic rings. The normalized spacial score (nSPS) is 19.6. The molecule has 0 bridgehead atoms. The van der Waals surface area contributed by atoms with Crippen LogP contribution in [0.5, 0.6) is 0 Å². The fourth-order valence-electron chi connectivity index (χ4n) is 1.91. The summed E-state index contributed by atoms with van der Waals surface area (Å²) in [7, 11) is 0. The van der Waals surface area contributed by atoms with Crippen molar-refractivity contribution in [1.82, 2.24) is 10.2 Å². The van der Waals surface area contributed by atoms with Crippen LogP contribution in [-0.2, 0) is 11.2 Å². The zero-order valence-corrected chi connectivity index (χ0v) is 10.2. The van der Waals surface area contributed by atoms with E-state index in [4.69, 9.17) is 11.6 Å². The number of carbonyl (C=O) groups excluding carboxylic acids is 2. The average molecular weight is 253 g/mol. The van der Waals surface area contributed by atoms with Crippen LogP contribution in [0.2, 0.25) is 5.02 Å². The van der Waals surface area contributed by atoms with Crippen molar-refractivity contribution in [3.63, 3.8) is 0 Å². The van der Waals surface area contributed by atoms with Gasteiger partial charge in [-0.1, -0.05) is 23.7 Å². The number of likely N-dealkylation sites (N-methyl/N-ethyl adjacent to an activating group) is 1. The Morgan fingerprint density at radius 3 is 2.76 bits per heavy atom. The first-order chi connectivity index (χ1) is 8.11. The summed E-state index contributed by atoms with van der Waals surface area (Å²) in [5.41, 5.74) is 0.939. The number of urea groups is 1. The molecule has 17 heavy (non-hydrogen) atoms. The fraction of sp³-hybridized carbons (Fsp3) is 0.333. The highest BCUT2D eigenvalue weighted by Crippen LogP contribution is 2.15. The molecule has 1 aromatic carbocycles. The Hall–Kier alpha value is -1.55. The molecule has 0 spiro atoms. The second-order valence-corrected chi connectivity index (χ2v) is 4.36. The van der Waals surface area contributed by atoms with Crippen molar-refractivity contribution in [3.8, 4) is 0 Å². The van der Waals surface area contributed by atoms with E-state index in [-0.39, 0.29) is 11.9 Å². The highest BCUT2D eigenvalue weighted by Gasteiger charge is 2.36. The largest absolute Gasteiger partial charge is 0.325 e. The molecular weight excluding hydrogens is 240 g/mol. The van der Waals surface area contributed by atoms with Gasteiger partial charge in [0.15, 0.2) is 0 Å². The number of amides is 3. The predicted molar refractivity (Wildman–Crippen MR) is 64.9 cm³/mol. The van der Waals surface area contributed by atoms with Crippen molar-refractivity contribution in [3.05, 3.63) is 34.9 Å². The summed E-state index contributed by atoms with van der Waals surface area (Å²) < 4.78 is 0. The highest BCUT2D eigenvalue weighted by molar-refractivity contribution is 6.30. The average Bonchev–Trinajstić information content (AvgIpc) is 2.54. The molecule has 0 radical (unpaired) electrons. The molecule has 2 rings (SSSR count). The Balaban J connectivity index is 2.11. The van der Waals surface area contributed by atoms with E-state index in [0.717, 1.165) is 5.56 Å². The van der Waals surface area contributed by atoms with Crippen LogP contribution in [0, 0.1) is 0 Å². The maximum atomic E-state index is 11.8. The summed E-state index contributed by atoms with van der Waals surface area (Å²) in [5.74, 6) is -0.169. The third kappa shape index (κ3) is 2.42. The van der Waals surface area contributed by atoms with E-state index < -0.39 is 6.04 Å². The third-order valence-electron chi connectivity index (χ3n) is 2.75. The number of nitrogens with one attached hydrogen (secondary N) is 1. The van der Waals surface area contributed by atoms with Crippen molar-refractivity contribution >= 4 is 23.5 Å². The zero-order valence-electron chi connectivity index (χ0n) is 9.44. The van der Waals surface area contributed by atoms with Crippen molar-refractivity contribution < 1.29 is 9.59 Å². The van der Waals surface area contributed by atoms with Gasteiger partial charge < -0.3 is 5.32 Å². The zero-order chi connectivity index (χ0) is 12.4. The van der Waals surface area contributed by atoms with E-state index in [0.29, 0.717) is 18.0 Å². The molecule has 1 heterocycles. The summed E-state index contributed by atoms with van der Waals surface area (Å²) >= 11 is 5.87. The Bertz CT molecular complexity index is 462. The minimum absolute atomic E-state index is 0.169. The lowest BCUT2D eigenvalue weighted by Crippen LogP contribution is -2.32. The van der Waals surface area contributed by atoms with Crippen LogP contribution in [0.3, 0.4) is 0 Å². The van der Waals surface area contributed by atoms with Gasteiger partial charge in [0.25, 0.3) is 5.91 Å². The quantitative estimate of drug-likeness (QED) is 0.835. The van der Waals surface area contributed by atoms with Crippen LogP contribution in [-0.4, -0.2) is 29.4 Å². The van der Waals surface area contributed by atoms with Crippen LogP contribution in [0.4, 0.5) is 4.79 Å². The van der Waals surface area contributed by atoms with Crippen LogP contribution < -0.4 is 5.32 Å². The first-order valence-electron chi connectivity index (χ1n) is 5.48. The Kier molecular flexibility index (Phi) is 3.33. The van der Waals surface area contributed by atoms with Gasteiger partial charge in [0.1, 0.15) is 6.04 Å². The van der Waals surface area contributed by atoms with Crippen LogP contribution in [0.15, 0.2) is 24.3 Å². The molecule has 0 aromatic heterocycles. The van der Waals surface area contributed by atoms with Gasteiger partial charge in [0.05, 0.1) is 0 Å². The van der Waals surface area contributed by atoms with Gasteiger partial charge in [0, 0.05) is 18.0 Å². The fourth-order valence-corrected chi connectivity index (χ4v) is 2.13. The molecule has 0 aliphatic carbocycles. The molecule has 1 fully saturated rings. The third-order valence-corrected chi connectivity index (χ3v) is 2.99. The molecular formula is C12H13ClN2O2.